The van der Waals surface area contributed by atoms with E-state index in [9.17, 15) is 9.59 Å². The van der Waals surface area contributed by atoms with Crippen LogP contribution in [-0.4, -0.2) is 18.4 Å². The van der Waals surface area contributed by atoms with Crippen molar-refractivity contribution in [2.45, 2.75) is 13.8 Å². The monoisotopic (exact) mass is 410 g/mol. The van der Waals surface area contributed by atoms with E-state index in [4.69, 9.17) is 16.3 Å². The van der Waals surface area contributed by atoms with E-state index in [1.54, 1.807) is 18.2 Å². The summed E-state index contributed by atoms with van der Waals surface area (Å²) in [5.41, 5.74) is 6.93. The van der Waals surface area contributed by atoms with Crippen molar-refractivity contribution in [1.29, 1.82) is 0 Å². The topological polar surface area (TPSA) is 67.4 Å². The van der Waals surface area contributed by atoms with Crippen molar-refractivity contribution in [2.75, 3.05) is 6.61 Å². The normalized spacial score (nSPS) is 10.2. The molecule has 0 aliphatic heterocycles. The first-order valence-electron chi connectivity index (χ1n) is 7.11. The molecule has 0 saturated heterocycles. The van der Waals surface area contributed by atoms with Crippen LogP contribution in [-0.2, 0) is 4.79 Å². The van der Waals surface area contributed by atoms with Crippen LogP contribution < -0.4 is 15.6 Å². The van der Waals surface area contributed by atoms with Gasteiger partial charge in [0.05, 0.1) is 5.02 Å². The number of hydrazine groups is 1. The fraction of sp³-hybridized carbons (Fsp3) is 0.176. The maximum absolute atomic E-state index is 11.9. The first-order chi connectivity index (χ1) is 11.4. The maximum Gasteiger partial charge on any atom is 0.276 e. The smallest absolute Gasteiger partial charge is 0.276 e. The molecule has 0 unspecified atom stereocenters. The van der Waals surface area contributed by atoms with Crippen LogP contribution in [0.5, 0.6) is 5.75 Å². The summed E-state index contributed by atoms with van der Waals surface area (Å²) in [4.78, 5) is 23.7. The lowest BCUT2D eigenvalue weighted by atomic mass is 10.1. The van der Waals surface area contributed by atoms with Gasteiger partial charge in [-0.2, -0.15) is 0 Å². The maximum atomic E-state index is 11.9. The van der Waals surface area contributed by atoms with E-state index in [1.807, 2.05) is 32.0 Å². The molecule has 0 heterocycles. The van der Waals surface area contributed by atoms with E-state index in [0.717, 1.165) is 15.6 Å². The van der Waals surface area contributed by atoms with Crippen LogP contribution in [0.4, 0.5) is 0 Å². The second kappa shape index (κ2) is 8.17. The second-order valence-corrected chi connectivity index (χ2v) is 6.51. The summed E-state index contributed by atoms with van der Waals surface area (Å²) in [6.45, 7) is 3.48. The molecule has 24 heavy (non-hydrogen) atoms. The zero-order valence-electron chi connectivity index (χ0n) is 13.2. The molecule has 2 aromatic rings. The molecular formula is C17H16BrClN2O3. The predicted octanol–water partition coefficient (Wildman–Crippen LogP) is 3.56. The number of hydrogen-bond acceptors (Lipinski definition) is 3. The Morgan fingerprint density at radius 3 is 2.42 bits per heavy atom. The number of aryl methyl sites for hydroxylation is 2. The van der Waals surface area contributed by atoms with Gasteiger partial charge in [-0.1, -0.05) is 45.2 Å². The van der Waals surface area contributed by atoms with Gasteiger partial charge < -0.3 is 4.74 Å². The van der Waals surface area contributed by atoms with E-state index in [-0.39, 0.29) is 6.61 Å². The molecule has 0 bridgehead atoms. The molecule has 7 heteroatoms. The number of halogens is 2. The van der Waals surface area contributed by atoms with Crippen LogP contribution in [0, 0.1) is 13.8 Å². The summed E-state index contributed by atoms with van der Waals surface area (Å²) in [5, 5.41) is 0.401. The van der Waals surface area contributed by atoms with E-state index >= 15 is 0 Å². The zero-order valence-corrected chi connectivity index (χ0v) is 15.5. The lowest BCUT2D eigenvalue weighted by Crippen LogP contribution is -2.43. The van der Waals surface area contributed by atoms with Gasteiger partial charge in [0, 0.05) is 10.0 Å². The number of carbonyl (C=O) groups excluding carboxylic acids is 2. The Morgan fingerprint density at radius 2 is 1.79 bits per heavy atom. The molecular weight excluding hydrogens is 396 g/mol. The van der Waals surface area contributed by atoms with Crippen LogP contribution in [0.15, 0.2) is 40.9 Å². The Morgan fingerprint density at radius 1 is 1.12 bits per heavy atom. The van der Waals surface area contributed by atoms with Crippen molar-refractivity contribution < 1.29 is 14.3 Å². The fourth-order valence-electron chi connectivity index (χ4n) is 1.95. The van der Waals surface area contributed by atoms with Gasteiger partial charge in [0.15, 0.2) is 6.61 Å². The molecule has 126 valence electrons. The molecule has 5 nitrogen and oxygen atoms in total. The number of hydrogen-bond donors (Lipinski definition) is 2. The van der Waals surface area contributed by atoms with Gasteiger partial charge in [-0.25, -0.2) is 0 Å². The first kappa shape index (κ1) is 18.3. The minimum absolute atomic E-state index is 0.267. The number of amides is 2. The first-order valence-corrected chi connectivity index (χ1v) is 8.28. The molecule has 0 atom stereocenters. The summed E-state index contributed by atoms with van der Waals surface area (Å²) in [6, 6.07) is 10.5. The Balaban J connectivity index is 1.86. The molecule has 0 radical (unpaired) electrons. The molecule has 0 saturated carbocycles. The van der Waals surface area contributed by atoms with Crippen molar-refractivity contribution in [3.8, 4) is 5.75 Å². The van der Waals surface area contributed by atoms with Gasteiger partial charge in [-0.05, 0) is 43.7 Å². The Labute approximate surface area is 153 Å². The molecule has 0 aromatic heterocycles. The van der Waals surface area contributed by atoms with Gasteiger partial charge in [0.2, 0.25) is 0 Å². The number of benzene rings is 2. The fourth-order valence-corrected chi connectivity index (χ4v) is 2.97. The van der Waals surface area contributed by atoms with E-state index in [1.165, 1.54) is 0 Å². The Kier molecular flexibility index (Phi) is 6.23. The zero-order chi connectivity index (χ0) is 17.7. The highest BCUT2D eigenvalue weighted by atomic mass is 79.9. The standard InChI is InChI=1S/C17H16BrClN2O3/c1-10-3-5-12(6-4-10)17(23)21-20-15(22)9-24-16-11(2)7-13(18)8-14(16)19/h3-8H,9H2,1-2H3,(H,20,22)(H,21,23). The third-order valence-electron chi connectivity index (χ3n) is 3.17. The number of rotatable bonds is 4. The third-order valence-corrected chi connectivity index (χ3v) is 3.91. The van der Waals surface area contributed by atoms with Crippen LogP contribution in [0.25, 0.3) is 0 Å². The summed E-state index contributed by atoms with van der Waals surface area (Å²) in [7, 11) is 0. The summed E-state index contributed by atoms with van der Waals surface area (Å²) in [5.74, 6) is -0.463. The SMILES string of the molecule is Cc1ccc(C(=O)NNC(=O)COc2c(C)cc(Br)cc2Cl)cc1. The van der Waals surface area contributed by atoms with E-state index in [0.29, 0.717) is 16.3 Å². The lowest BCUT2D eigenvalue weighted by molar-refractivity contribution is -0.123. The second-order valence-electron chi connectivity index (χ2n) is 5.19. The molecule has 0 fully saturated rings. The Bertz CT molecular complexity index is 740. The van der Waals surface area contributed by atoms with Gasteiger partial charge in [-0.15, -0.1) is 0 Å². The highest BCUT2D eigenvalue weighted by molar-refractivity contribution is 9.10. The summed E-state index contributed by atoms with van der Waals surface area (Å²) >= 11 is 9.41. The average Bonchev–Trinajstić information content (AvgIpc) is 2.52. The van der Waals surface area contributed by atoms with Gasteiger partial charge in [0.25, 0.3) is 11.8 Å². The van der Waals surface area contributed by atoms with Gasteiger partial charge in [0.1, 0.15) is 5.75 Å². The molecule has 2 rings (SSSR count). The number of carbonyl (C=O) groups is 2. The quantitative estimate of drug-likeness (QED) is 0.756. The van der Waals surface area contributed by atoms with Crippen molar-refractivity contribution in [3.63, 3.8) is 0 Å². The van der Waals surface area contributed by atoms with Crippen LogP contribution in [0.1, 0.15) is 21.5 Å². The highest BCUT2D eigenvalue weighted by Gasteiger charge is 2.11. The third kappa shape index (κ3) is 4.97. The van der Waals surface area contributed by atoms with Crippen molar-refractivity contribution in [1.82, 2.24) is 10.9 Å². The van der Waals surface area contributed by atoms with Crippen LogP contribution >= 0.6 is 27.5 Å². The van der Waals surface area contributed by atoms with Crippen LogP contribution in [0.2, 0.25) is 5.02 Å². The van der Waals surface area contributed by atoms with Gasteiger partial charge >= 0.3 is 0 Å². The average molecular weight is 412 g/mol. The lowest BCUT2D eigenvalue weighted by Gasteiger charge is -2.12. The molecule has 0 aliphatic rings. The Hall–Kier alpha value is -2.05. The molecule has 2 aromatic carbocycles. The molecule has 0 spiro atoms. The summed E-state index contributed by atoms with van der Waals surface area (Å²) in [6.07, 6.45) is 0. The van der Waals surface area contributed by atoms with Gasteiger partial charge in [-0.3, -0.25) is 20.4 Å². The largest absolute Gasteiger partial charge is 0.482 e. The van der Waals surface area contributed by atoms with Crippen LogP contribution in [0.3, 0.4) is 0 Å². The number of nitrogens with one attached hydrogen (secondary N) is 2. The molecule has 0 aliphatic carbocycles. The predicted molar refractivity (Wildman–Crippen MR) is 96.2 cm³/mol. The minimum atomic E-state index is -0.492. The summed E-state index contributed by atoms with van der Waals surface area (Å²) < 4.78 is 6.25. The molecule has 2 amide bonds. The number of ether oxygens (including phenoxy) is 1. The molecule has 2 N–H and O–H groups in total. The highest BCUT2D eigenvalue weighted by Crippen LogP contribution is 2.31. The van der Waals surface area contributed by atoms with E-state index < -0.39 is 11.8 Å². The van der Waals surface area contributed by atoms with Crippen molar-refractivity contribution in [2.24, 2.45) is 0 Å². The van der Waals surface area contributed by atoms with Crippen molar-refractivity contribution >= 4 is 39.3 Å². The van der Waals surface area contributed by atoms with Crippen molar-refractivity contribution in [3.05, 3.63) is 62.6 Å². The minimum Gasteiger partial charge on any atom is -0.482 e. The van der Waals surface area contributed by atoms with E-state index in [2.05, 4.69) is 26.8 Å².